The lowest BCUT2D eigenvalue weighted by Crippen LogP contribution is -1.76. The largest absolute Gasteiger partial charge is 0.508 e. The smallest absolute Gasteiger partial charge is 0.137 e. The van der Waals surface area contributed by atoms with Gasteiger partial charge in [0.15, 0.2) is 0 Å². The SMILES string of the molecule is CSOc1ccc(O)cc1. The van der Waals surface area contributed by atoms with Crippen LogP contribution in [0, 0.1) is 0 Å². The van der Waals surface area contributed by atoms with E-state index < -0.39 is 0 Å². The van der Waals surface area contributed by atoms with Crippen LogP contribution in [0.15, 0.2) is 24.3 Å². The minimum Gasteiger partial charge on any atom is -0.508 e. The molecule has 3 heteroatoms. The highest BCUT2D eigenvalue weighted by Gasteiger charge is 1.90. The van der Waals surface area contributed by atoms with Gasteiger partial charge >= 0.3 is 0 Å². The van der Waals surface area contributed by atoms with Gasteiger partial charge in [-0.25, -0.2) is 0 Å². The second-order valence-corrected chi connectivity index (χ2v) is 2.24. The van der Waals surface area contributed by atoms with Crippen molar-refractivity contribution in [3.63, 3.8) is 0 Å². The molecule has 1 aromatic carbocycles. The summed E-state index contributed by atoms with van der Waals surface area (Å²) in [6, 6.07) is 6.61. The summed E-state index contributed by atoms with van der Waals surface area (Å²) in [5.41, 5.74) is 0. The number of rotatable bonds is 2. The third kappa shape index (κ3) is 1.84. The fourth-order valence-corrected chi connectivity index (χ4v) is 0.901. The van der Waals surface area contributed by atoms with Gasteiger partial charge in [-0.05, 0) is 24.3 Å². The Morgan fingerprint density at radius 2 is 1.90 bits per heavy atom. The average Bonchev–Trinajstić information content (AvgIpc) is 1.95. The summed E-state index contributed by atoms with van der Waals surface area (Å²) in [7, 11) is 0. The van der Waals surface area contributed by atoms with E-state index in [-0.39, 0.29) is 5.75 Å². The van der Waals surface area contributed by atoms with Crippen molar-refractivity contribution in [2.24, 2.45) is 0 Å². The molecule has 0 heterocycles. The fraction of sp³-hybridized carbons (Fsp3) is 0.143. The molecule has 1 aromatic rings. The van der Waals surface area contributed by atoms with Gasteiger partial charge in [-0.3, -0.25) is 0 Å². The van der Waals surface area contributed by atoms with Crippen LogP contribution in [-0.4, -0.2) is 11.4 Å². The zero-order valence-electron chi connectivity index (χ0n) is 5.57. The maximum Gasteiger partial charge on any atom is 0.137 e. The van der Waals surface area contributed by atoms with Gasteiger partial charge in [-0.15, -0.1) is 0 Å². The van der Waals surface area contributed by atoms with E-state index in [2.05, 4.69) is 0 Å². The summed E-state index contributed by atoms with van der Waals surface area (Å²) in [5, 5.41) is 8.86. The highest BCUT2D eigenvalue weighted by atomic mass is 32.2. The number of hydrogen-bond donors (Lipinski definition) is 1. The third-order valence-electron chi connectivity index (χ3n) is 1.02. The van der Waals surface area contributed by atoms with Gasteiger partial charge in [0.1, 0.15) is 11.5 Å². The Morgan fingerprint density at radius 3 is 2.40 bits per heavy atom. The van der Waals surface area contributed by atoms with Crippen molar-refractivity contribution >= 4 is 12.0 Å². The molecule has 0 saturated heterocycles. The van der Waals surface area contributed by atoms with Crippen LogP contribution in [0.1, 0.15) is 0 Å². The molecule has 0 atom stereocenters. The molecule has 0 amide bonds. The second kappa shape index (κ2) is 3.37. The van der Waals surface area contributed by atoms with Crippen molar-refractivity contribution in [1.82, 2.24) is 0 Å². The first-order valence-electron chi connectivity index (χ1n) is 2.82. The number of hydrogen-bond acceptors (Lipinski definition) is 3. The highest BCUT2D eigenvalue weighted by molar-refractivity contribution is 7.94. The van der Waals surface area contributed by atoms with Gasteiger partial charge in [0.05, 0.1) is 12.0 Å². The molecule has 2 nitrogen and oxygen atoms in total. The van der Waals surface area contributed by atoms with E-state index in [1.807, 2.05) is 6.26 Å². The number of phenolic OH excluding ortho intramolecular Hbond substituents is 1. The molecule has 10 heavy (non-hydrogen) atoms. The molecular weight excluding hydrogens is 148 g/mol. The first-order valence-corrected chi connectivity index (χ1v) is 3.97. The van der Waals surface area contributed by atoms with Crippen molar-refractivity contribution in [3.8, 4) is 11.5 Å². The predicted molar refractivity (Wildman–Crippen MR) is 42.2 cm³/mol. The van der Waals surface area contributed by atoms with E-state index in [0.717, 1.165) is 5.75 Å². The highest BCUT2D eigenvalue weighted by Crippen LogP contribution is 2.18. The van der Waals surface area contributed by atoms with Gasteiger partial charge in [0.25, 0.3) is 0 Å². The molecule has 0 radical (unpaired) electrons. The van der Waals surface area contributed by atoms with Crippen molar-refractivity contribution in [2.45, 2.75) is 0 Å². The van der Waals surface area contributed by atoms with Crippen molar-refractivity contribution in [1.29, 1.82) is 0 Å². The zero-order chi connectivity index (χ0) is 7.40. The molecule has 0 aromatic heterocycles. The Balaban J connectivity index is 2.69. The van der Waals surface area contributed by atoms with Crippen LogP contribution >= 0.6 is 12.0 Å². The predicted octanol–water partition coefficient (Wildman–Crippen LogP) is 2.05. The molecule has 0 aliphatic rings. The van der Waals surface area contributed by atoms with Gasteiger partial charge in [-0.1, -0.05) is 0 Å². The molecule has 0 saturated carbocycles. The Bertz CT molecular complexity index is 195. The fourth-order valence-electron chi connectivity index (χ4n) is 0.598. The van der Waals surface area contributed by atoms with Gasteiger partial charge in [0, 0.05) is 6.26 Å². The summed E-state index contributed by atoms with van der Waals surface area (Å²) < 4.78 is 5.07. The number of benzene rings is 1. The molecule has 1 N–H and O–H groups in total. The summed E-state index contributed by atoms with van der Waals surface area (Å²) in [5.74, 6) is 1.01. The number of phenols is 1. The molecule has 1 rings (SSSR count). The van der Waals surface area contributed by atoms with Gasteiger partial charge in [0.2, 0.25) is 0 Å². The number of aromatic hydroxyl groups is 1. The van der Waals surface area contributed by atoms with E-state index in [4.69, 9.17) is 9.29 Å². The molecule has 0 aliphatic heterocycles. The summed E-state index contributed by atoms with van der Waals surface area (Å²) in [6.45, 7) is 0. The van der Waals surface area contributed by atoms with Gasteiger partial charge in [-0.2, -0.15) is 0 Å². The Hall–Kier alpha value is -0.830. The minimum absolute atomic E-state index is 0.258. The maximum absolute atomic E-state index is 8.86. The lowest BCUT2D eigenvalue weighted by molar-refractivity contribution is 0.474. The van der Waals surface area contributed by atoms with Crippen LogP contribution in [0.2, 0.25) is 0 Å². The van der Waals surface area contributed by atoms with Gasteiger partial charge < -0.3 is 9.29 Å². The molecule has 54 valence electrons. The quantitative estimate of drug-likeness (QED) is 0.664. The third-order valence-corrected chi connectivity index (χ3v) is 1.38. The van der Waals surface area contributed by atoms with Crippen LogP contribution in [0.3, 0.4) is 0 Å². The first-order chi connectivity index (χ1) is 4.83. The van der Waals surface area contributed by atoms with E-state index in [1.54, 1.807) is 24.3 Å². The molecule has 0 aliphatic carbocycles. The monoisotopic (exact) mass is 156 g/mol. The molecule has 0 bridgehead atoms. The maximum atomic E-state index is 8.86. The van der Waals surface area contributed by atoms with E-state index >= 15 is 0 Å². The molecule has 0 unspecified atom stereocenters. The Labute approximate surface area is 64.0 Å². The van der Waals surface area contributed by atoms with Crippen LogP contribution in [0.5, 0.6) is 11.5 Å². The lowest BCUT2D eigenvalue weighted by Gasteiger charge is -1.98. The summed E-state index contributed by atoms with van der Waals surface area (Å²) in [6.07, 6.45) is 1.84. The molecule has 0 fully saturated rings. The summed E-state index contributed by atoms with van der Waals surface area (Å²) in [4.78, 5) is 0. The summed E-state index contributed by atoms with van der Waals surface area (Å²) >= 11 is 1.28. The van der Waals surface area contributed by atoms with Crippen LogP contribution in [0.4, 0.5) is 0 Å². The van der Waals surface area contributed by atoms with Crippen molar-refractivity contribution in [3.05, 3.63) is 24.3 Å². The van der Waals surface area contributed by atoms with Crippen molar-refractivity contribution < 1.29 is 9.29 Å². The van der Waals surface area contributed by atoms with E-state index in [0.29, 0.717) is 0 Å². The second-order valence-electron chi connectivity index (χ2n) is 1.74. The molecular formula is C7H8O2S. The minimum atomic E-state index is 0.258. The van der Waals surface area contributed by atoms with Crippen LogP contribution in [-0.2, 0) is 0 Å². The molecule has 0 spiro atoms. The first kappa shape index (κ1) is 7.28. The topological polar surface area (TPSA) is 29.5 Å². The van der Waals surface area contributed by atoms with E-state index in [9.17, 15) is 0 Å². The Morgan fingerprint density at radius 1 is 1.30 bits per heavy atom. The van der Waals surface area contributed by atoms with Crippen molar-refractivity contribution in [2.75, 3.05) is 6.26 Å². The standard InChI is InChI=1S/C7H8O2S/c1-10-9-7-4-2-6(8)3-5-7/h2-5,8H,1H3. The van der Waals surface area contributed by atoms with Crippen LogP contribution < -0.4 is 4.18 Å². The van der Waals surface area contributed by atoms with E-state index in [1.165, 1.54) is 12.0 Å². The average molecular weight is 156 g/mol. The Kier molecular flexibility index (Phi) is 2.45. The normalized spacial score (nSPS) is 9.30. The van der Waals surface area contributed by atoms with Crippen LogP contribution in [0.25, 0.3) is 0 Å². The zero-order valence-corrected chi connectivity index (χ0v) is 6.39. The lowest BCUT2D eigenvalue weighted by atomic mass is 10.3.